The minimum absolute atomic E-state index is 0.0817. The van der Waals surface area contributed by atoms with E-state index >= 15 is 0 Å². The Labute approximate surface area is 616 Å². The molecule has 0 saturated carbocycles. The summed E-state index contributed by atoms with van der Waals surface area (Å²) in [6.45, 7) is 13.1. The Balaban J connectivity index is 0.000000121. The van der Waals surface area contributed by atoms with Crippen LogP contribution in [0.1, 0.15) is 94.9 Å². The van der Waals surface area contributed by atoms with E-state index in [0.717, 1.165) is 63.6 Å². The fourth-order valence-corrected chi connectivity index (χ4v) is 16.1. The lowest BCUT2D eigenvalue weighted by Gasteiger charge is -2.34. The zero-order chi connectivity index (χ0) is 75.3. The van der Waals surface area contributed by atoms with Crippen LogP contribution in [-0.2, 0) is 26.4 Å². The maximum atomic E-state index is 13.1. The lowest BCUT2D eigenvalue weighted by atomic mass is 10.0. The monoisotopic (exact) mass is 1530 g/mol. The minimum Gasteiger partial charge on any atom is -0.356 e. The van der Waals surface area contributed by atoms with Crippen molar-refractivity contribution in [2.24, 2.45) is 5.92 Å². The van der Waals surface area contributed by atoms with Crippen LogP contribution in [0.15, 0.2) is 123 Å². The number of nitrogens with zero attached hydrogens (tertiary/aromatic N) is 25. The van der Waals surface area contributed by atoms with Crippen molar-refractivity contribution in [3.8, 4) is 45.6 Å². The standard InChI is InChI=1S/C20H22F2N8O.C17H18F2N6.2C16H16F2N6OS/c21-20(22)14-1-2-17-24-8-16(30(17)27-14)15-7-18(26-12-25-15)29-5-3-13(10-29)9-28-6-4-23-19(31)11-28;1-11-4-2-3-7-24(11)16-8-13(21-10-22-16)14-9-20-15-6-5-12(17(18)19)23-25(14)15;2*1-10-8-26(25)5-4-23(10)15-6-12(20-9-21-15)13-7-19-14-3-2-11(16(17)18)22-24(13)14/h1-2,7-8,12-13,20H,3-6,9-11H2,(H,23,31);5-6,8-11,17H,2-4,7H2,1H3;2*2-3,6-7,9-10,16H,4-5,8H2,1H3/t;11-;;/m.1../s1. The van der Waals surface area contributed by atoms with Crippen molar-refractivity contribution in [1.82, 2.24) is 108 Å². The van der Waals surface area contributed by atoms with E-state index in [2.05, 4.69) is 117 Å². The molecule has 12 aromatic heterocycles. The van der Waals surface area contributed by atoms with Gasteiger partial charge < -0.3 is 24.9 Å². The SMILES string of the molecule is CC1CS(=O)CCN1c1cc(-c2cnc3ccc(C(F)F)nn23)ncn1.CC1CS(=O)CCN1c1cc(-c2cnc3ccc(C(F)F)nn23)ncn1.C[C@@H]1CCCCN1c1cc(-c2cnc3ccc(C(F)F)nn23)ncn1.O=C1CN(CC2CCN(c3cc(-c4cnc5ccc(C(F)F)nn45)ncn3)C2)CCN1. The van der Waals surface area contributed by atoms with Crippen LogP contribution in [0, 0.1) is 5.92 Å². The van der Waals surface area contributed by atoms with Crippen LogP contribution < -0.4 is 24.9 Å². The Morgan fingerprint density at radius 3 is 1.17 bits per heavy atom. The van der Waals surface area contributed by atoms with E-state index < -0.39 is 47.3 Å². The summed E-state index contributed by atoms with van der Waals surface area (Å²) in [4.78, 5) is 73.9. The number of halogens is 8. The minimum atomic E-state index is -2.66. The highest BCUT2D eigenvalue weighted by Gasteiger charge is 2.31. The number of anilines is 4. The van der Waals surface area contributed by atoms with Gasteiger partial charge in [-0.25, -0.2) is 113 Å². The van der Waals surface area contributed by atoms with Gasteiger partial charge in [0.05, 0.1) is 54.1 Å². The number of hydrogen-bond acceptors (Lipinski definition) is 24. The van der Waals surface area contributed by atoms with Gasteiger partial charge in [0.1, 0.15) is 94.1 Å². The van der Waals surface area contributed by atoms with Crippen LogP contribution in [-0.4, -0.2) is 218 Å². The molecule has 5 saturated heterocycles. The Morgan fingerprint density at radius 1 is 0.435 bits per heavy atom. The summed E-state index contributed by atoms with van der Waals surface area (Å²) in [6, 6.07) is 19.0. The van der Waals surface area contributed by atoms with Crippen molar-refractivity contribution in [3.05, 3.63) is 146 Å². The predicted molar refractivity (Wildman–Crippen MR) is 386 cm³/mol. The van der Waals surface area contributed by atoms with Gasteiger partial charge in [-0.15, -0.1) is 0 Å². The quantitative estimate of drug-likeness (QED) is 0.0992. The Kier molecular flexibility index (Phi) is 22.4. The number of nitrogens with one attached hydrogen (secondary N) is 1. The molecule has 1 amide bonds. The van der Waals surface area contributed by atoms with E-state index in [-0.39, 0.29) is 40.8 Å². The number of carbonyl (C=O) groups excluding carboxylic acids is 1. The Bertz CT molecular complexity index is 5070. The number of imidazole rings is 4. The number of carbonyl (C=O) groups is 1. The van der Waals surface area contributed by atoms with Crippen molar-refractivity contribution in [2.75, 3.05) is 102 Å². The van der Waals surface area contributed by atoms with Gasteiger partial charge in [-0.1, -0.05) is 0 Å². The molecule has 5 aliphatic rings. The first-order chi connectivity index (χ1) is 52.2. The van der Waals surface area contributed by atoms with Gasteiger partial charge in [0.25, 0.3) is 25.7 Å². The van der Waals surface area contributed by atoms with E-state index in [1.54, 1.807) is 36.9 Å². The molecule has 1 N–H and O–H groups in total. The molecule has 17 heterocycles. The number of fused-ring (bicyclic) bond motifs is 4. The fraction of sp³-hybridized carbons (Fsp3) is 0.406. The van der Waals surface area contributed by atoms with Gasteiger partial charge in [0.2, 0.25) is 5.91 Å². The maximum absolute atomic E-state index is 13.1. The highest BCUT2D eigenvalue weighted by atomic mass is 32.2. The summed E-state index contributed by atoms with van der Waals surface area (Å²) in [5.74, 6) is 5.95. The van der Waals surface area contributed by atoms with Crippen molar-refractivity contribution in [1.29, 1.82) is 0 Å². The Hall–Kier alpha value is -10.8. The van der Waals surface area contributed by atoms with Gasteiger partial charge in [-0.3, -0.25) is 18.1 Å². The third-order valence-electron chi connectivity index (χ3n) is 19.1. The number of alkyl halides is 8. The number of piperidine rings is 1. The third-order valence-corrected chi connectivity index (χ3v) is 22.0. The van der Waals surface area contributed by atoms with Crippen LogP contribution in [0.4, 0.5) is 58.4 Å². The van der Waals surface area contributed by atoms with Gasteiger partial charge in [-0.2, -0.15) is 20.4 Å². The second kappa shape index (κ2) is 32.7. The van der Waals surface area contributed by atoms with Gasteiger partial charge in [0, 0.05) is 139 Å². The lowest BCUT2D eigenvalue weighted by molar-refractivity contribution is -0.124. The first-order valence-corrected chi connectivity index (χ1v) is 37.8. The molecule has 12 aromatic rings. The molecule has 5 fully saturated rings. The van der Waals surface area contributed by atoms with Gasteiger partial charge >= 0.3 is 0 Å². The molecule has 39 heteroatoms. The van der Waals surface area contributed by atoms with Crippen LogP contribution >= 0.6 is 0 Å². The molecule has 5 unspecified atom stereocenters. The van der Waals surface area contributed by atoms with Crippen molar-refractivity contribution < 1.29 is 48.3 Å². The number of aromatic nitrogens is 20. The highest BCUT2D eigenvalue weighted by molar-refractivity contribution is 7.85. The van der Waals surface area contributed by atoms with Crippen molar-refractivity contribution >= 4 is 73.4 Å². The maximum Gasteiger partial charge on any atom is 0.282 e. The van der Waals surface area contributed by atoms with Crippen LogP contribution in [0.5, 0.6) is 0 Å². The van der Waals surface area contributed by atoms with E-state index in [1.807, 2.05) is 26.0 Å². The molecule has 17 rings (SSSR count). The van der Waals surface area contributed by atoms with Gasteiger partial charge in [0.15, 0.2) is 22.6 Å². The summed E-state index contributed by atoms with van der Waals surface area (Å²) in [5, 5.41) is 18.8. The van der Waals surface area contributed by atoms with Crippen LogP contribution in [0.25, 0.3) is 68.1 Å². The van der Waals surface area contributed by atoms with Crippen molar-refractivity contribution in [3.63, 3.8) is 0 Å². The lowest BCUT2D eigenvalue weighted by Crippen LogP contribution is -2.49. The smallest absolute Gasteiger partial charge is 0.282 e. The topological polar surface area (TPSA) is 303 Å². The van der Waals surface area contributed by atoms with Crippen LogP contribution in [0.3, 0.4) is 0 Å². The molecule has 0 aromatic carbocycles. The highest BCUT2D eigenvalue weighted by Crippen LogP contribution is 2.33. The summed E-state index contributed by atoms with van der Waals surface area (Å²) in [6.07, 6.45) is 6.03. The molecule has 6 atom stereocenters. The fourth-order valence-electron chi connectivity index (χ4n) is 13.6. The molecule has 108 heavy (non-hydrogen) atoms. The van der Waals surface area contributed by atoms with E-state index in [4.69, 9.17) is 0 Å². The summed E-state index contributed by atoms with van der Waals surface area (Å²) in [5.41, 5.74) is 5.09. The second-order valence-electron chi connectivity index (χ2n) is 26.4. The summed E-state index contributed by atoms with van der Waals surface area (Å²) >= 11 is 0. The first-order valence-electron chi connectivity index (χ1n) is 34.8. The van der Waals surface area contributed by atoms with Crippen molar-refractivity contribution in [2.45, 2.75) is 90.3 Å². The molecule has 0 aliphatic carbocycles. The molecule has 0 radical (unpaired) electrons. The second-order valence-corrected chi connectivity index (χ2v) is 29.6. The number of hydrogen-bond donors (Lipinski definition) is 1. The van der Waals surface area contributed by atoms with E-state index in [1.165, 1.54) is 98.3 Å². The molecule has 0 spiro atoms. The normalized spacial score (nSPS) is 20.0. The largest absolute Gasteiger partial charge is 0.356 e. The predicted octanol–water partition coefficient (Wildman–Crippen LogP) is 9.05. The summed E-state index contributed by atoms with van der Waals surface area (Å²) in [7, 11) is -1.61. The molecular weight excluding hydrogens is 1460 g/mol. The van der Waals surface area contributed by atoms with Gasteiger partial charge in [-0.05, 0) is 101 Å². The molecule has 564 valence electrons. The zero-order valence-corrected chi connectivity index (χ0v) is 60.1. The van der Waals surface area contributed by atoms with E-state index in [9.17, 15) is 48.3 Å². The first kappa shape index (κ1) is 74.0. The summed E-state index contributed by atoms with van der Waals surface area (Å²) < 4.78 is 133. The number of amides is 1. The molecule has 5 aliphatic heterocycles. The molecule has 29 nitrogen and oxygen atoms in total. The average Bonchev–Trinajstić information content (AvgIpc) is 1.65. The van der Waals surface area contributed by atoms with E-state index in [0.29, 0.717) is 141 Å². The number of piperazine rings is 1. The zero-order valence-electron chi connectivity index (χ0n) is 58.4. The number of rotatable bonds is 14. The molecular formula is C69H72F8N26O3S2. The average molecular weight is 1530 g/mol. The van der Waals surface area contributed by atoms with Crippen LogP contribution in [0.2, 0.25) is 0 Å². The third kappa shape index (κ3) is 16.6. The Morgan fingerprint density at radius 2 is 0.806 bits per heavy atom. The molecule has 0 bridgehead atoms.